The van der Waals surface area contributed by atoms with E-state index in [4.69, 9.17) is 4.74 Å². The van der Waals surface area contributed by atoms with Crippen LogP contribution in [0.5, 0.6) is 11.5 Å². The van der Waals surface area contributed by atoms with Crippen LogP contribution >= 0.6 is 0 Å². The van der Waals surface area contributed by atoms with E-state index in [1.807, 2.05) is 32.0 Å². The molecule has 0 aliphatic carbocycles. The van der Waals surface area contributed by atoms with Crippen LogP contribution in [0.4, 0.5) is 18.9 Å². The number of carbonyl (C=O) groups is 1. The van der Waals surface area contributed by atoms with Crippen LogP contribution in [0.15, 0.2) is 42.5 Å². The molecule has 1 atom stereocenters. The van der Waals surface area contributed by atoms with Crippen molar-refractivity contribution in [2.24, 2.45) is 0 Å². The summed E-state index contributed by atoms with van der Waals surface area (Å²) in [6.45, 7) is 5.39. The van der Waals surface area contributed by atoms with Crippen molar-refractivity contribution >= 4 is 11.6 Å². The van der Waals surface area contributed by atoms with Gasteiger partial charge in [-0.05, 0) is 62.2 Å². The lowest BCUT2D eigenvalue weighted by atomic mass is 10.1. The molecule has 4 nitrogen and oxygen atoms in total. The first-order chi connectivity index (χ1) is 11.6. The van der Waals surface area contributed by atoms with E-state index >= 15 is 0 Å². The maximum absolute atomic E-state index is 12.2. The van der Waals surface area contributed by atoms with E-state index in [1.165, 1.54) is 12.1 Å². The highest BCUT2D eigenvalue weighted by Gasteiger charge is 2.31. The molecule has 0 radical (unpaired) electrons. The summed E-state index contributed by atoms with van der Waals surface area (Å²) < 4.78 is 45.8. The van der Waals surface area contributed by atoms with E-state index in [0.717, 1.165) is 23.3 Å². The van der Waals surface area contributed by atoms with Crippen molar-refractivity contribution in [1.82, 2.24) is 0 Å². The standard InChI is InChI=1S/C18H18F3NO3/c1-11-4-5-12(2)16(10-11)24-13(3)17(23)22-14-6-8-15(9-7-14)25-18(19,20)21/h4-10,13H,1-3H3,(H,22,23)/t13-/m1/s1. The van der Waals surface area contributed by atoms with Gasteiger partial charge in [-0.15, -0.1) is 13.2 Å². The lowest BCUT2D eigenvalue weighted by Gasteiger charge is -2.17. The molecule has 2 aromatic rings. The second-order valence-electron chi connectivity index (χ2n) is 5.59. The summed E-state index contributed by atoms with van der Waals surface area (Å²) >= 11 is 0. The Morgan fingerprint density at radius 2 is 1.72 bits per heavy atom. The number of carbonyl (C=O) groups excluding carboxylic acids is 1. The van der Waals surface area contributed by atoms with Gasteiger partial charge in [0.1, 0.15) is 11.5 Å². The summed E-state index contributed by atoms with van der Waals surface area (Å²) in [6, 6.07) is 10.6. The third-order valence-electron chi connectivity index (χ3n) is 3.37. The average molecular weight is 353 g/mol. The Labute approximate surface area is 143 Å². The zero-order chi connectivity index (χ0) is 18.6. The van der Waals surface area contributed by atoms with Crippen molar-refractivity contribution in [3.63, 3.8) is 0 Å². The maximum Gasteiger partial charge on any atom is 0.573 e. The summed E-state index contributed by atoms with van der Waals surface area (Å²) in [7, 11) is 0. The summed E-state index contributed by atoms with van der Waals surface area (Å²) in [5.41, 5.74) is 2.25. The fourth-order valence-electron chi connectivity index (χ4n) is 2.06. The number of anilines is 1. The Bertz CT molecular complexity index is 742. The van der Waals surface area contributed by atoms with Crippen molar-refractivity contribution in [1.29, 1.82) is 0 Å². The number of rotatable bonds is 5. The van der Waals surface area contributed by atoms with Crippen molar-refractivity contribution < 1.29 is 27.4 Å². The number of nitrogens with one attached hydrogen (secondary N) is 1. The molecule has 0 aliphatic heterocycles. The minimum atomic E-state index is -4.75. The molecule has 0 aromatic heterocycles. The number of hydrogen-bond acceptors (Lipinski definition) is 3. The SMILES string of the molecule is Cc1ccc(C)c(O[C@H](C)C(=O)Nc2ccc(OC(F)(F)F)cc2)c1. The fourth-order valence-corrected chi connectivity index (χ4v) is 2.06. The highest BCUT2D eigenvalue weighted by atomic mass is 19.4. The first-order valence-electron chi connectivity index (χ1n) is 7.54. The number of benzene rings is 2. The van der Waals surface area contributed by atoms with E-state index in [0.29, 0.717) is 11.4 Å². The zero-order valence-corrected chi connectivity index (χ0v) is 14.0. The largest absolute Gasteiger partial charge is 0.573 e. The van der Waals surface area contributed by atoms with E-state index in [-0.39, 0.29) is 5.75 Å². The molecule has 1 amide bonds. The van der Waals surface area contributed by atoms with Gasteiger partial charge in [0.15, 0.2) is 6.10 Å². The molecule has 134 valence electrons. The smallest absolute Gasteiger partial charge is 0.481 e. The van der Waals surface area contributed by atoms with Gasteiger partial charge in [0.25, 0.3) is 5.91 Å². The van der Waals surface area contributed by atoms with Gasteiger partial charge in [-0.25, -0.2) is 0 Å². The molecule has 0 fully saturated rings. The number of halogens is 3. The Kier molecular flexibility index (Phi) is 5.56. The van der Waals surface area contributed by atoms with Gasteiger partial charge >= 0.3 is 6.36 Å². The van der Waals surface area contributed by atoms with E-state index < -0.39 is 18.4 Å². The third-order valence-corrected chi connectivity index (χ3v) is 3.37. The molecule has 0 saturated heterocycles. The second kappa shape index (κ2) is 7.46. The topological polar surface area (TPSA) is 47.6 Å². The van der Waals surface area contributed by atoms with Crippen LogP contribution in [0.1, 0.15) is 18.1 Å². The number of hydrogen-bond donors (Lipinski definition) is 1. The minimum Gasteiger partial charge on any atom is -0.481 e. The van der Waals surface area contributed by atoms with Crippen molar-refractivity contribution in [3.05, 3.63) is 53.6 Å². The summed E-state index contributed by atoms with van der Waals surface area (Å²) in [5.74, 6) is -0.160. The van der Waals surface area contributed by atoms with Gasteiger partial charge in [-0.2, -0.15) is 0 Å². The Balaban J connectivity index is 1.97. The van der Waals surface area contributed by atoms with Crippen LogP contribution in [-0.2, 0) is 4.79 Å². The van der Waals surface area contributed by atoms with Gasteiger partial charge < -0.3 is 14.8 Å². The predicted octanol–water partition coefficient (Wildman–Crippen LogP) is 4.61. The molecule has 2 aromatic carbocycles. The Hall–Kier alpha value is -2.70. The number of ether oxygens (including phenoxy) is 2. The highest BCUT2D eigenvalue weighted by molar-refractivity contribution is 5.94. The molecule has 0 aliphatic rings. The number of amides is 1. The summed E-state index contributed by atoms with van der Waals surface area (Å²) in [4.78, 5) is 12.2. The molecule has 0 spiro atoms. The van der Waals surface area contributed by atoms with Crippen molar-refractivity contribution in [2.45, 2.75) is 33.2 Å². The maximum atomic E-state index is 12.2. The number of alkyl halides is 3. The second-order valence-corrected chi connectivity index (χ2v) is 5.59. The predicted molar refractivity (Wildman–Crippen MR) is 87.8 cm³/mol. The van der Waals surface area contributed by atoms with Gasteiger partial charge in [0, 0.05) is 5.69 Å². The highest BCUT2D eigenvalue weighted by Crippen LogP contribution is 2.24. The number of aryl methyl sites for hydroxylation is 2. The van der Waals surface area contributed by atoms with E-state index in [9.17, 15) is 18.0 Å². The van der Waals surface area contributed by atoms with Gasteiger partial charge in [-0.3, -0.25) is 4.79 Å². The van der Waals surface area contributed by atoms with Crippen LogP contribution in [0, 0.1) is 13.8 Å². The van der Waals surface area contributed by atoms with Crippen LogP contribution in [0.3, 0.4) is 0 Å². The van der Waals surface area contributed by atoms with E-state index in [1.54, 1.807) is 6.92 Å². The molecule has 1 N–H and O–H groups in total. The van der Waals surface area contributed by atoms with Gasteiger partial charge in [0.05, 0.1) is 0 Å². The minimum absolute atomic E-state index is 0.343. The van der Waals surface area contributed by atoms with Crippen molar-refractivity contribution in [2.75, 3.05) is 5.32 Å². The quantitative estimate of drug-likeness (QED) is 0.854. The van der Waals surface area contributed by atoms with Crippen LogP contribution in [0.2, 0.25) is 0 Å². The summed E-state index contributed by atoms with van der Waals surface area (Å²) in [6.07, 6.45) is -5.52. The molecule has 0 unspecified atom stereocenters. The van der Waals surface area contributed by atoms with Crippen LogP contribution in [-0.4, -0.2) is 18.4 Å². The lowest BCUT2D eigenvalue weighted by molar-refractivity contribution is -0.274. The third kappa shape index (κ3) is 5.70. The molecule has 25 heavy (non-hydrogen) atoms. The molecular weight excluding hydrogens is 335 g/mol. The fraction of sp³-hybridized carbons (Fsp3) is 0.278. The average Bonchev–Trinajstić information content (AvgIpc) is 2.51. The molecule has 0 bridgehead atoms. The molecule has 7 heteroatoms. The first-order valence-corrected chi connectivity index (χ1v) is 7.54. The van der Waals surface area contributed by atoms with Crippen LogP contribution in [0.25, 0.3) is 0 Å². The molecule has 2 rings (SSSR count). The molecular formula is C18H18F3NO3. The monoisotopic (exact) mass is 353 g/mol. The Morgan fingerprint density at radius 1 is 1.08 bits per heavy atom. The normalized spacial score (nSPS) is 12.4. The van der Waals surface area contributed by atoms with E-state index in [2.05, 4.69) is 10.1 Å². The van der Waals surface area contributed by atoms with Gasteiger partial charge in [-0.1, -0.05) is 12.1 Å². The van der Waals surface area contributed by atoms with Gasteiger partial charge in [0.2, 0.25) is 0 Å². The zero-order valence-electron chi connectivity index (χ0n) is 14.0. The molecule has 0 saturated carbocycles. The van der Waals surface area contributed by atoms with Crippen molar-refractivity contribution in [3.8, 4) is 11.5 Å². The first kappa shape index (κ1) is 18.6. The lowest BCUT2D eigenvalue weighted by Crippen LogP contribution is -2.30. The Morgan fingerprint density at radius 3 is 2.32 bits per heavy atom. The molecule has 0 heterocycles. The van der Waals surface area contributed by atoms with Crippen LogP contribution < -0.4 is 14.8 Å². The summed E-state index contributed by atoms with van der Waals surface area (Å²) in [5, 5.41) is 2.59.